The summed E-state index contributed by atoms with van der Waals surface area (Å²) in [6, 6.07) is 7.36. The zero-order valence-corrected chi connectivity index (χ0v) is 13.6. The molecule has 0 atom stereocenters. The molecular weight excluding hydrogens is 312 g/mol. The molecule has 1 N–H and O–H groups in total. The number of aromatic nitrogens is 1. The number of rotatable bonds is 5. The van der Waals surface area contributed by atoms with Gasteiger partial charge in [-0.15, -0.1) is 11.3 Å². The Bertz CT molecular complexity index is 842. The minimum atomic E-state index is -0.207. The Balaban J connectivity index is 1.55. The van der Waals surface area contributed by atoms with Crippen molar-refractivity contribution in [3.8, 4) is 11.5 Å². The van der Waals surface area contributed by atoms with E-state index in [1.165, 1.54) is 6.08 Å². The highest BCUT2D eigenvalue weighted by molar-refractivity contribution is 7.09. The lowest BCUT2D eigenvalue weighted by Crippen LogP contribution is -2.19. The van der Waals surface area contributed by atoms with Crippen LogP contribution >= 0.6 is 11.3 Å². The summed E-state index contributed by atoms with van der Waals surface area (Å²) in [5, 5.41) is 5.71. The Morgan fingerprint density at radius 3 is 2.83 bits per heavy atom. The summed E-state index contributed by atoms with van der Waals surface area (Å²) in [5.41, 5.74) is 0.818. The van der Waals surface area contributed by atoms with E-state index >= 15 is 0 Å². The van der Waals surface area contributed by atoms with Gasteiger partial charge in [-0.3, -0.25) is 4.79 Å². The molecule has 0 aliphatic carbocycles. The van der Waals surface area contributed by atoms with E-state index < -0.39 is 0 Å². The molecule has 6 heteroatoms. The van der Waals surface area contributed by atoms with Crippen LogP contribution in [-0.4, -0.2) is 10.9 Å². The molecule has 0 aliphatic heterocycles. The third-order valence-electron chi connectivity index (χ3n) is 3.13. The van der Waals surface area contributed by atoms with Crippen molar-refractivity contribution in [1.29, 1.82) is 0 Å². The Kier molecular flexibility index (Phi) is 4.43. The van der Waals surface area contributed by atoms with Crippen LogP contribution in [0, 0.1) is 13.8 Å². The summed E-state index contributed by atoms with van der Waals surface area (Å²) in [5.74, 6) is 2.64. The van der Waals surface area contributed by atoms with Crippen molar-refractivity contribution >= 4 is 23.3 Å². The molecule has 118 valence electrons. The van der Waals surface area contributed by atoms with E-state index in [2.05, 4.69) is 10.3 Å². The van der Waals surface area contributed by atoms with Crippen LogP contribution in [-0.2, 0) is 11.3 Å². The second-order valence-corrected chi connectivity index (χ2v) is 6.08. The first kappa shape index (κ1) is 15.3. The van der Waals surface area contributed by atoms with Crippen LogP contribution in [0.2, 0.25) is 0 Å². The van der Waals surface area contributed by atoms with Gasteiger partial charge in [-0.25, -0.2) is 4.98 Å². The monoisotopic (exact) mass is 328 g/mol. The maximum atomic E-state index is 11.8. The van der Waals surface area contributed by atoms with Gasteiger partial charge < -0.3 is 14.2 Å². The molecule has 3 heterocycles. The lowest BCUT2D eigenvalue weighted by atomic mass is 10.3. The van der Waals surface area contributed by atoms with Gasteiger partial charge >= 0.3 is 0 Å². The molecule has 0 saturated carbocycles. The first-order valence-corrected chi connectivity index (χ1v) is 8.02. The first-order chi connectivity index (χ1) is 11.1. The van der Waals surface area contributed by atoms with Gasteiger partial charge in [0, 0.05) is 11.5 Å². The van der Waals surface area contributed by atoms with Crippen LogP contribution in [0.4, 0.5) is 0 Å². The van der Waals surface area contributed by atoms with Crippen molar-refractivity contribution in [1.82, 2.24) is 10.3 Å². The number of amides is 1. The number of aryl methyl sites for hydroxylation is 2. The summed E-state index contributed by atoms with van der Waals surface area (Å²) in [7, 11) is 0. The largest absolute Gasteiger partial charge is 0.462 e. The lowest BCUT2D eigenvalue weighted by Gasteiger charge is -1.98. The van der Waals surface area contributed by atoms with Crippen LogP contribution in [0.25, 0.3) is 17.5 Å². The van der Waals surface area contributed by atoms with E-state index in [4.69, 9.17) is 8.83 Å². The molecule has 0 aliphatic rings. The van der Waals surface area contributed by atoms with E-state index in [-0.39, 0.29) is 5.91 Å². The second kappa shape index (κ2) is 6.66. The van der Waals surface area contributed by atoms with Crippen molar-refractivity contribution in [2.45, 2.75) is 20.4 Å². The second-order valence-electron chi connectivity index (χ2n) is 5.02. The standard InChI is InChI=1S/C17H16N2O3S/c1-11-3-4-13(21-11)6-8-17(20)18-9-14-5-7-16(22-14)15-10-23-12(2)19-15/h3-8,10H,9H2,1-2H3,(H,18,20)/b8-6+. The molecule has 0 fully saturated rings. The Hall–Kier alpha value is -2.60. The van der Waals surface area contributed by atoms with Crippen molar-refractivity contribution in [2.75, 3.05) is 0 Å². The van der Waals surface area contributed by atoms with Gasteiger partial charge in [-0.2, -0.15) is 0 Å². The third kappa shape index (κ3) is 3.98. The average Bonchev–Trinajstić information content (AvgIpc) is 3.24. The molecule has 0 aromatic carbocycles. The topological polar surface area (TPSA) is 68.3 Å². The fourth-order valence-corrected chi connectivity index (χ4v) is 2.62. The van der Waals surface area contributed by atoms with Gasteiger partial charge in [0.2, 0.25) is 5.91 Å². The number of carbonyl (C=O) groups excluding carboxylic acids is 1. The summed E-state index contributed by atoms with van der Waals surface area (Å²) in [6.45, 7) is 4.13. The van der Waals surface area contributed by atoms with Crippen LogP contribution in [0.15, 0.2) is 44.6 Å². The number of furan rings is 2. The van der Waals surface area contributed by atoms with Gasteiger partial charge in [0.25, 0.3) is 0 Å². The Morgan fingerprint density at radius 1 is 1.26 bits per heavy atom. The fraction of sp³-hybridized carbons (Fsp3) is 0.176. The molecule has 0 radical (unpaired) electrons. The molecule has 1 amide bonds. The van der Waals surface area contributed by atoms with Gasteiger partial charge in [0.05, 0.1) is 11.6 Å². The van der Waals surface area contributed by atoms with Gasteiger partial charge in [0.15, 0.2) is 5.76 Å². The first-order valence-electron chi connectivity index (χ1n) is 7.14. The molecule has 5 nitrogen and oxygen atoms in total. The number of hydrogen-bond donors (Lipinski definition) is 1. The average molecular weight is 328 g/mol. The molecule has 3 rings (SSSR count). The summed E-state index contributed by atoms with van der Waals surface area (Å²) in [6.07, 6.45) is 3.07. The van der Waals surface area contributed by atoms with Crippen molar-refractivity contribution in [2.24, 2.45) is 0 Å². The lowest BCUT2D eigenvalue weighted by molar-refractivity contribution is -0.116. The number of nitrogens with one attached hydrogen (secondary N) is 1. The van der Waals surface area contributed by atoms with Gasteiger partial charge in [0.1, 0.15) is 23.0 Å². The van der Waals surface area contributed by atoms with Crippen molar-refractivity contribution < 1.29 is 13.6 Å². The number of thiazole rings is 1. The van der Waals surface area contributed by atoms with Crippen molar-refractivity contribution in [3.63, 3.8) is 0 Å². The van der Waals surface area contributed by atoms with Crippen LogP contribution < -0.4 is 5.32 Å². The molecule has 3 aromatic rings. The zero-order valence-electron chi connectivity index (χ0n) is 12.8. The highest BCUT2D eigenvalue weighted by Gasteiger charge is 2.08. The number of nitrogens with zero attached hydrogens (tertiary/aromatic N) is 1. The Morgan fingerprint density at radius 2 is 2.13 bits per heavy atom. The zero-order chi connectivity index (χ0) is 16.2. The van der Waals surface area contributed by atoms with Crippen LogP contribution in [0.5, 0.6) is 0 Å². The van der Waals surface area contributed by atoms with Crippen LogP contribution in [0.3, 0.4) is 0 Å². The SMILES string of the molecule is Cc1ccc(/C=C/C(=O)NCc2ccc(-c3csc(C)n3)o2)o1. The van der Waals surface area contributed by atoms with Gasteiger partial charge in [-0.1, -0.05) is 0 Å². The predicted molar refractivity (Wildman–Crippen MR) is 88.9 cm³/mol. The summed E-state index contributed by atoms with van der Waals surface area (Å²) >= 11 is 1.57. The molecule has 3 aromatic heterocycles. The van der Waals surface area contributed by atoms with E-state index in [0.717, 1.165) is 16.5 Å². The molecular formula is C17H16N2O3S. The predicted octanol–water partition coefficient (Wildman–Crippen LogP) is 3.94. The molecule has 0 bridgehead atoms. The Labute approximate surface area is 137 Å². The number of carbonyl (C=O) groups is 1. The van der Waals surface area contributed by atoms with E-state index in [0.29, 0.717) is 23.8 Å². The minimum Gasteiger partial charge on any atom is -0.462 e. The molecule has 0 spiro atoms. The number of hydrogen-bond acceptors (Lipinski definition) is 5. The quantitative estimate of drug-likeness (QED) is 0.720. The van der Waals surface area contributed by atoms with Gasteiger partial charge in [-0.05, 0) is 44.2 Å². The highest BCUT2D eigenvalue weighted by atomic mass is 32.1. The molecule has 23 heavy (non-hydrogen) atoms. The van der Waals surface area contributed by atoms with E-state index in [1.54, 1.807) is 17.4 Å². The van der Waals surface area contributed by atoms with Crippen molar-refractivity contribution in [3.05, 3.63) is 58.0 Å². The van der Waals surface area contributed by atoms with E-state index in [1.807, 2.05) is 43.5 Å². The molecule has 0 saturated heterocycles. The third-order valence-corrected chi connectivity index (χ3v) is 3.90. The fourth-order valence-electron chi connectivity index (χ4n) is 2.02. The highest BCUT2D eigenvalue weighted by Crippen LogP contribution is 2.23. The maximum absolute atomic E-state index is 11.8. The normalized spacial score (nSPS) is 11.2. The summed E-state index contributed by atoms with van der Waals surface area (Å²) < 4.78 is 11.0. The minimum absolute atomic E-state index is 0.207. The van der Waals surface area contributed by atoms with Crippen LogP contribution in [0.1, 0.15) is 22.3 Å². The maximum Gasteiger partial charge on any atom is 0.244 e. The summed E-state index contributed by atoms with van der Waals surface area (Å²) in [4.78, 5) is 16.2. The smallest absolute Gasteiger partial charge is 0.244 e. The molecule has 0 unspecified atom stereocenters. The van der Waals surface area contributed by atoms with E-state index in [9.17, 15) is 4.79 Å².